The molecule has 3 rings (SSSR count). The minimum atomic E-state index is -0.0706. The molecule has 0 fully saturated rings. The number of aromatic nitrogens is 3. The second-order valence-corrected chi connectivity index (χ2v) is 5.97. The number of aryl methyl sites for hydroxylation is 2. The Labute approximate surface area is 126 Å². The van der Waals surface area contributed by atoms with Gasteiger partial charge in [-0.15, -0.1) is 10.2 Å². The first-order valence-corrected chi connectivity index (χ1v) is 7.56. The van der Waals surface area contributed by atoms with E-state index in [9.17, 15) is 4.79 Å². The molecule has 0 aliphatic heterocycles. The average Bonchev–Trinajstić information content (AvgIpc) is 3.01. The molecular weight excluding hydrogens is 284 g/mol. The van der Waals surface area contributed by atoms with Crippen LogP contribution in [0.1, 0.15) is 39.7 Å². The van der Waals surface area contributed by atoms with Gasteiger partial charge in [-0.1, -0.05) is 41.7 Å². The Morgan fingerprint density at radius 3 is 2.62 bits per heavy atom. The van der Waals surface area contributed by atoms with Crippen molar-refractivity contribution < 1.29 is 4.79 Å². The van der Waals surface area contributed by atoms with Gasteiger partial charge < -0.3 is 5.32 Å². The third kappa shape index (κ3) is 2.42. The van der Waals surface area contributed by atoms with Crippen LogP contribution in [-0.2, 0) is 0 Å². The van der Waals surface area contributed by atoms with Crippen LogP contribution in [0.5, 0.6) is 0 Å². The van der Waals surface area contributed by atoms with E-state index in [1.807, 2.05) is 55.5 Å². The monoisotopic (exact) mass is 300 g/mol. The Kier molecular flexibility index (Phi) is 3.47. The summed E-state index contributed by atoms with van der Waals surface area (Å²) in [4.78, 5) is 13.9. The van der Waals surface area contributed by atoms with Gasteiger partial charge in [-0.2, -0.15) is 0 Å². The van der Waals surface area contributed by atoms with Gasteiger partial charge in [0.2, 0.25) is 4.96 Å². The number of hydrogen-bond acceptors (Lipinski definition) is 4. The summed E-state index contributed by atoms with van der Waals surface area (Å²) in [6.07, 6.45) is 0. The van der Waals surface area contributed by atoms with Gasteiger partial charge in [0.1, 0.15) is 10.7 Å². The summed E-state index contributed by atoms with van der Waals surface area (Å²) < 4.78 is 1.91. The molecule has 3 aromatic rings. The summed E-state index contributed by atoms with van der Waals surface area (Å²) in [6.45, 7) is 5.78. The van der Waals surface area contributed by atoms with Crippen LogP contribution in [0, 0.1) is 13.8 Å². The van der Waals surface area contributed by atoms with Gasteiger partial charge >= 0.3 is 0 Å². The lowest BCUT2D eigenvalue weighted by Gasteiger charge is -2.13. The number of thiazole rings is 1. The molecule has 1 amide bonds. The van der Waals surface area contributed by atoms with Crippen LogP contribution in [0.4, 0.5) is 0 Å². The fourth-order valence-corrected chi connectivity index (χ4v) is 3.37. The molecule has 0 radical (unpaired) electrons. The van der Waals surface area contributed by atoms with Crippen molar-refractivity contribution in [3.8, 4) is 0 Å². The predicted octanol–water partition coefficient (Wildman–Crippen LogP) is 2.90. The molecule has 21 heavy (non-hydrogen) atoms. The van der Waals surface area contributed by atoms with Crippen molar-refractivity contribution in [2.45, 2.75) is 26.8 Å². The average molecular weight is 300 g/mol. The van der Waals surface area contributed by atoms with Gasteiger partial charge in [0.15, 0.2) is 0 Å². The minimum absolute atomic E-state index is 0.0354. The topological polar surface area (TPSA) is 59.3 Å². The molecule has 0 aliphatic rings. The number of amides is 1. The molecule has 1 aromatic carbocycles. The van der Waals surface area contributed by atoms with E-state index in [1.54, 1.807) is 0 Å². The van der Waals surface area contributed by atoms with Crippen LogP contribution in [0.15, 0.2) is 30.3 Å². The van der Waals surface area contributed by atoms with Crippen molar-refractivity contribution in [1.82, 2.24) is 19.9 Å². The van der Waals surface area contributed by atoms with Crippen LogP contribution < -0.4 is 5.32 Å². The van der Waals surface area contributed by atoms with Gasteiger partial charge in [-0.3, -0.25) is 9.20 Å². The molecule has 1 N–H and O–H groups in total. The van der Waals surface area contributed by atoms with E-state index >= 15 is 0 Å². The Bertz CT molecular complexity index is 791. The summed E-state index contributed by atoms with van der Waals surface area (Å²) in [6, 6.07) is 9.88. The second kappa shape index (κ2) is 5.29. The molecule has 0 saturated heterocycles. The number of hydrogen-bond donors (Lipinski definition) is 1. The maximum absolute atomic E-state index is 12.5. The van der Waals surface area contributed by atoms with Gasteiger partial charge in [-0.25, -0.2) is 0 Å². The molecule has 1 atom stereocenters. The van der Waals surface area contributed by atoms with Crippen LogP contribution in [0.3, 0.4) is 0 Å². The zero-order chi connectivity index (χ0) is 15.0. The normalized spacial score (nSPS) is 12.5. The van der Waals surface area contributed by atoms with Crippen molar-refractivity contribution in [2.24, 2.45) is 0 Å². The highest BCUT2D eigenvalue weighted by Gasteiger charge is 2.20. The summed E-state index contributed by atoms with van der Waals surface area (Å²) in [5.41, 5.74) is 1.97. The second-order valence-electron chi connectivity index (χ2n) is 4.99. The maximum Gasteiger partial charge on any atom is 0.263 e. The summed E-state index contributed by atoms with van der Waals surface area (Å²) >= 11 is 1.37. The van der Waals surface area contributed by atoms with E-state index in [1.165, 1.54) is 11.3 Å². The van der Waals surface area contributed by atoms with Gasteiger partial charge in [0, 0.05) is 5.69 Å². The van der Waals surface area contributed by atoms with Gasteiger partial charge in [0.25, 0.3) is 5.91 Å². The van der Waals surface area contributed by atoms with Gasteiger partial charge in [-0.05, 0) is 26.3 Å². The third-order valence-corrected chi connectivity index (χ3v) is 4.64. The largest absolute Gasteiger partial charge is 0.345 e. The Hall–Kier alpha value is -2.21. The van der Waals surface area contributed by atoms with Crippen LogP contribution in [-0.4, -0.2) is 20.5 Å². The number of rotatable bonds is 3. The molecule has 0 bridgehead atoms. The molecule has 2 heterocycles. The molecule has 108 valence electrons. The number of nitrogens with one attached hydrogen (secondary N) is 1. The minimum Gasteiger partial charge on any atom is -0.345 e. The Morgan fingerprint density at radius 1 is 1.24 bits per heavy atom. The fraction of sp³-hybridized carbons (Fsp3) is 0.267. The molecule has 2 aromatic heterocycles. The van der Waals surface area contributed by atoms with Crippen molar-refractivity contribution >= 4 is 22.2 Å². The van der Waals surface area contributed by atoms with Crippen LogP contribution in [0.2, 0.25) is 0 Å². The molecular formula is C15H16N4OS. The zero-order valence-electron chi connectivity index (χ0n) is 12.1. The van der Waals surface area contributed by atoms with Crippen molar-refractivity contribution in [3.63, 3.8) is 0 Å². The lowest BCUT2D eigenvalue weighted by Crippen LogP contribution is -2.26. The standard InChI is InChI=1S/C15H16N4OS/c1-9(12-7-5-4-6-8-12)16-14(20)13-10(2)19-11(3)17-18-15(19)21-13/h4-9H,1-3H3,(H,16,20). The Morgan fingerprint density at radius 2 is 1.95 bits per heavy atom. The van der Waals surface area contributed by atoms with Crippen LogP contribution >= 0.6 is 11.3 Å². The highest BCUT2D eigenvalue weighted by Crippen LogP contribution is 2.23. The quantitative estimate of drug-likeness (QED) is 0.809. The summed E-state index contributed by atoms with van der Waals surface area (Å²) in [5.74, 6) is 0.729. The molecule has 0 spiro atoms. The van der Waals surface area contributed by atoms with Crippen molar-refractivity contribution in [3.05, 3.63) is 52.3 Å². The first kappa shape index (κ1) is 13.8. The number of benzene rings is 1. The number of fused-ring (bicyclic) bond motifs is 1. The van der Waals surface area contributed by atoms with Crippen molar-refractivity contribution in [1.29, 1.82) is 0 Å². The lowest BCUT2D eigenvalue weighted by molar-refractivity contribution is 0.0943. The summed E-state index contributed by atoms with van der Waals surface area (Å²) in [5, 5.41) is 11.1. The fourth-order valence-electron chi connectivity index (χ4n) is 2.36. The van der Waals surface area contributed by atoms with E-state index in [0.29, 0.717) is 4.88 Å². The highest BCUT2D eigenvalue weighted by molar-refractivity contribution is 7.19. The van der Waals surface area contributed by atoms with Crippen LogP contribution in [0.25, 0.3) is 4.96 Å². The Balaban J connectivity index is 1.86. The number of carbonyl (C=O) groups is 1. The van der Waals surface area contributed by atoms with Crippen molar-refractivity contribution in [2.75, 3.05) is 0 Å². The predicted molar refractivity (Wildman–Crippen MR) is 82.7 cm³/mol. The van der Waals surface area contributed by atoms with E-state index in [0.717, 1.165) is 22.0 Å². The molecule has 0 aliphatic carbocycles. The lowest BCUT2D eigenvalue weighted by atomic mass is 10.1. The SMILES string of the molecule is Cc1nnc2sc(C(=O)NC(C)c3ccccc3)c(C)n12. The molecule has 1 unspecified atom stereocenters. The smallest absolute Gasteiger partial charge is 0.263 e. The highest BCUT2D eigenvalue weighted by atomic mass is 32.1. The first-order chi connectivity index (χ1) is 10.1. The van der Waals surface area contributed by atoms with E-state index < -0.39 is 0 Å². The summed E-state index contributed by atoms with van der Waals surface area (Å²) in [7, 11) is 0. The molecule has 6 heteroatoms. The molecule has 5 nitrogen and oxygen atoms in total. The zero-order valence-corrected chi connectivity index (χ0v) is 12.9. The maximum atomic E-state index is 12.5. The van der Waals surface area contributed by atoms with Gasteiger partial charge in [0.05, 0.1) is 6.04 Å². The third-order valence-electron chi connectivity index (χ3n) is 3.51. The number of nitrogens with zero attached hydrogens (tertiary/aromatic N) is 3. The van der Waals surface area contributed by atoms with E-state index in [-0.39, 0.29) is 11.9 Å². The molecule has 0 saturated carbocycles. The first-order valence-electron chi connectivity index (χ1n) is 6.75. The number of carbonyl (C=O) groups excluding carboxylic acids is 1. The van der Waals surface area contributed by atoms with E-state index in [4.69, 9.17) is 0 Å². The van der Waals surface area contributed by atoms with E-state index in [2.05, 4.69) is 15.5 Å².